The van der Waals surface area contributed by atoms with Gasteiger partial charge in [0.05, 0.1) is 0 Å². The van der Waals surface area contributed by atoms with Crippen LogP contribution in [0.3, 0.4) is 0 Å². The van der Waals surface area contributed by atoms with Crippen molar-refractivity contribution in [3.05, 3.63) is 0 Å². The second-order valence-corrected chi connectivity index (χ2v) is 0. The molecule has 0 atom stereocenters. The van der Waals surface area contributed by atoms with Crippen LogP contribution in [0.1, 0.15) is 0 Å². The molecule has 0 aliphatic heterocycles. The molecule has 0 rings (SSSR count). The van der Waals surface area contributed by atoms with Gasteiger partial charge in [-0.2, -0.15) is 0 Å². The summed E-state index contributed by atoms with van der Waals surface area (Å²) in [5, 5.41) is 0. The quantitative estimate of drug-likeness (QED) is 0.399. The van der Waals surface area contributed by atoms with Gasteiger partial charge in [-0.1, -0.05) is 0 Å². The fourth-order valence-electron chi connectivity index (χ4n) is 0. The first-order valence-electron chi connectivity index (χ1n) is 0. The number of hydrogen-bond donors (Lipinski definition) is 1. The van der Waals surface area contributed by atoms with Gasteiger partial charge >= 0.3 is 39.6 Å². The second-order valence-electron chi connectivity index (χ2n) is 0. The van der Waals surface area contributed by atoms with Crippen LogP contribution in [0.15, 0.2) is 0 Å². The van der Waals surface area contributed by atoms with E-state index >= 15 is 0 Å². The van der Waals surface area contributed by atoms with Crippen molar-refractivity contribution in [3.8, 4) is 0 Å². The van der Waals surface area contributed by atoms with E-state index in [9.17, 15) is 0 Å². The van der Waals surface area contributed by atoms with Crippen LogP contribution in [-0.4, -0.2) is 56.9 Å². The molecule has 0 heterocycles. The van der Waals surface area contributed by atoms with Gasteiger partial charge in [-0.25, -0.2) is 0 Å². The average Bonchev–Trinajstić information content (AvgIpc) is 0. The van der Waals surface area contributed by atoms with E-state index in [1.165, 1.54) is 0 Å². The molecule has 0 aromatic heterocycles. The van der Waals surface area contributed by atoms with Crippen LogP contribution in [0.25, 0.3) is 0 Å². The van der Waals surface area contributed by atoms with Crippen molar-refractivity contribution in [3.63, 3.8) is 0 Å². The molecule has 0 bridgehead atoms. The molecule has 0 saturated heterocycles. The molecule has 0 aliphatic rings. The average molecular weight is 193 g/mol. The molecule has 26 valence electrons. The summed E-state index contributed by atoms with van der Waals surface area (Å²) in [7, 11) is 0. The molecule has 3 N–H and O–H groups in total. The molecule has 0 fully saturated rings. The molecule has 4 heavy (non-hydrogen) atoms. The molecule has 0 amide bonds. The maximum absolute atomic E-state index is 0. The number of rotatable bonds is 0. The van der Waals surface area contributed by atoms with E-state index in [-0.39, 0.29) is 63.1 Å². The van der Waals surface area contributed by atoms with Crippen molar-refractivity contribution in [2.45, 2.75) is 0 Å². The maximum atomic E-state index is 0. The molecule has 0 radical (unpaired) electrons. The molecule has 4 heteroatoms. The summed E-state index contributed by atoms with van der Waals surface area (Å²) < 4.78 is 0. The summed E-state index contributed by atoms with van der Waals surface area (Å²) >= 11 is 0. The van der Waals surface area contributed by atoms with E-state index in [2.05, 4.69) is 0 Å². The molecule has 1 nitrogen and oxygen atoms in total. The second kappa shape index (κ2) is 21.7. The van der Waals surface area contributed by atoms with Crippen LogP contribution < -0.4 is 6.15 Å². The van der Waals surface area contributed by atoms with Crippen LogP contribution in [0, 0.1) is 0 Å². The fraction of sp³-hybridized carbons (Fsp3) is 0. The Labute approximate surface area is 62.7 Å². The van der Waals surface area contributed by atoms with E-state index in [1.807, 2.05) is 0 Å². The summed E-state index contributed by atoms with van der Waals surface area (Å²) in [5.74, 6) is 0. The van der Waals surface area contributed by atoms with Crippen LogP contribution >= 0.6 is 0 Å². The molecular weight excluding hydrogens is 180 g/mol. The Hall–Kier alpha value is 1.77. The molecule has 0 aromatic carbocycles. The van der Waals surface area contributed by atoms with Crippen molar-refractivity contribution in [2.24, 2.45) is 0 Å². The Morgan fingerprint density at radius 2 is 0.750 bits per heavy atom. The first-order chi connectivity index (χ1) is 0. The molecule has 0 saturated carbocycles. The number of hydrogen-bond acceptors (Lipinski definition) is 1. The molecule has 0 aliphatic carbocycles. The summed E-state index contributed by atoms with van der Waals surface area (Å²) in [4.78, 5) is 0. The third kappa shape index (κ3) is 9.24. The van der Waals surface area contributed by atoms with E-state index < -0.39 is 0 Å². The Bertz CT molecular complexity index is 6.00. The van der Waals surface area contributed by atoms with Gasteiger partial charge in [0.15, 0.2) is 17.4 Å². The van der Waals surface area contributed by atoms with E-state index in [4.69, 9.17) is 0 Å². The third-order valence-electron chi connectivity index (χ3n) is 0. The van der Waals surface area contributed by atoms with Gasteiger partial charge in [-0.05, 0) is 0 Å². The summed E-state index contributed by atoms with van der Waals surface area (Å²) in [6, 6.07) is 0. The predicted octanol–water partition coefficient (Wildman–Crippen LogP) is -3.39. The van der Waals surface area contributed by atoms with Crippen LogP contribution in [0.4, 0.5) is 0 Å². The topological polar surface area (TPSA) is 35.0 Å². The first kappa shape index (κ1) is 42.0. The summed E-state index contributed by atoms with van der Waals surface area (Å²) in [6.07, 6.45) is 0. The fourth-order valence-corrected chi connectivity index (χ4v) is 0. The van der Waals surface area contributed by atoms with E-state index in [0.29, 0.717) is 0 Å². The Morgan fingerprint density at radius 1 is 0.750 bits per heavy atom. The minimum atomic E-state index is 0. The molecule has 0 aromatic rings. The summed E-state index contributed by atoms with van der Waals surface area (Å²) in [5.41, 5.74) is 0. The monoisotopic (exact) mass is 191 g/mol. The van der Waals surface area contributed by atoms with Gasteiger partial charge in [0.2, 0.25) is 0 Å². The predicted molar refractivity (Wildman–Crippen MR) is 34.8 cm³/mol. The minimum absolute atomic E-state index is 0. The van der Waals surface area contributed by atoms with Crippen LogP contribution in [0.5, 0.6) is 0 Å². The molecule has 0 spiro atoms. The molecule has 0 unspecified atom stereocenters. The van der Waals surface area contributed by atoms with Gasteiger partial charge in [0.25, 0.3) is 0 Å². The van der Waals surface area contributed by atoms with Gasteiger partial charge in [-0.15, -0.1) is 0 Å². The van der Waals surface area contributed by atoms with E-state index in [0.717, 1.165) is 0 Å². The van der Waals surface area contributed by atoms with Crippen molar-refractivity contribution in [1.82, 2.24) is 6.15 Å². The molecular formula is H12AlGa2N. The standard InChI is InChI=1S/Al.2Ga.H3N.9H/h;;;1H3;;;;;;;;;. The van der Waals surface area contributed by atoms with Crippen molar-refractivity contribution < 1.29 is 0 Å². The Morgan fingerprint density at radius 3 is 0.750 bits per heavy atom. The van der Waals surface area contributed by atoms with E-state index in [1.54, 1.807) is 0 Å². The zero-order chi connectivity index (χ0) is 0. The van der Waals surface area contributed by atoms with Gasteiger partial charge in [0, 0.05) is 0 Å². The zero-order valence-corrected chi connectivity index (χ0v) is 0.707. The Kier molecular flexibility index (Phi) is 228. The van der Waals surface area contributed by atoms with Crippen molar-refractivity contribution in [1.29, 1.82) is 0 Å². The van der Waals surface area contributed by atoms with Crippen LogP contribution in [0.2, 0.25) is 0 Å². The van der Waals surface area contributed by atoms with Gasteiger partial charge in [-0.3, -0.25) is 0 Å². The third-order valence-corrected chi connectivity index (χ3v) is 0. The first-order valence-corrected chi connectivity index (χ1v) is 0. The normalized spacial score (nSPS) is 0. The van der Waals surface area contributed by atoms with Crippen LogP contribution in [-0.2, 0) is 0 Å². The van der Waals surface area contributed by atoms with Gasteiger partial charge < -0.3 is 6.15 Å². The van der Waals surface area contributed by atoms with Gasteiger partial charge in [0.1, 0.15) is 0 Å². The Balaban J connectivity index is 0. The zero-order valence-electron chi connectivity index (χ0n) is 0.707. The van der Waals surface area contributed by atoms with Crippen molar-refractivity contribution >= 4 is 56.9 Å². The SMILES string of the molecule is N.[AlH3].[GaH3].[GaH3]. The summed E-state index contributed by atoms with van der Waals surface area (Å²) in [6.45, 7) is 0. The van der Waals surface area contributed by atoms with Crippen molar-refractivity contribution in [2.75, 3.05) is 0 Å².